The van der Waals surface area contributed by atoms with Gasteiger partial charge in [0, 0.05) is 39.4 Å². The zero-order valence-corrected chi connectivity index (χ0v) is 16.1. The fourth-order valence-corrected chi connectivity index (χ4v) is 4.31. The molecule has 2 aromatic rings. The molecule has 0 radical (unpaired) electrons. The predicted octanol–water partition coefficient (Wildman–Crippen LogP) is 0.762. The van der Waals surface area contributed by atoms with E-state index in [0.717, 1.165) is 12.1 Å². The lowest BCUT2D eigenvalue weighted by molar-refractivity contribution is -0.155. The van der Waals surface area contributed by atoms with Crippen LogP contribution in [0.4, 0.5) is 0 Å². The zero-order chi connectivity index (χ0) is 19.7. The van der Waals surface area contributed by atoms with E-state index in [1.165, 1.54) is 11.0 Å². The molecular formula is C19H24N6O3. The lowest BCUT2D eigenvalue weighted by Crippen LogP contribution is -2.57. The van der Waals surface area contributed by atoms with E-state index >= 15 is 0 Å². The first kappa shape index (κ1) is 18.5. The van der Waals surface area contributed by atoms with Crippen LogP contribution in [-0.4, -0.2) is 81.7 Å². The molecule has 1 aromatic carbocycles. The Morgan fingerprint density at radius 1 is 1.21 bits per heavy atom. The highest BCUT2D eigenvalue weighted by atomic mass is 16.5. The number of carbonyl (C=O) groups is 2. The average Bonchev–Trinajstić information content (AvgIpc) is 3.27. The first-order valence-electron chi connectivity index (χ1n) is 9.43. The summed E-state index contributed by atoms with van der Waals surface area (Å²) in [5.74, 6) is 0.164. The molecule has 2 aliphatic heterocycles. The fraction of sp³-hybridized carbons (Fsp3) is 0.526. The van der Waals surface area contributed by atoms with Crippen LogP contribution in [-0.2, 0) is 9.53 Å². The van der Waals surface area contributed by atoms with Crippen molar-refractivity contribution in [1.82, 2.24) is 30.0 Å². The molecule has 2 saturated heterocycles. The Hall–Kier alpha value is -2.81. The van der Waals surface area contributed by atoms with Crippen LogP contribution >= 0.6 is 0 Å². The number of hydrogen-bond acceptors (Lipinski definition) is 6. The zero-order valence-electron chi connectivity index (χ0n) is 16.1. The lowest BCUT2D eigenvalue weighted by Gasteiger charge is -2.47. The van der Waals surface area contributed by atoms with Crippen LogP contribution in [0.2, 0.25) is 0 Å². The Morgan fingerprint density at radius 2 is 1.93 bits per heavy atom. The molecule has 148 valence electrons. The molecular weight excluding hydrogens is 360 g/mol. The van der Waals surface area contributed by atoms with E-state index in [2.05, 4.69) is 15.5 Å². The second kappa shape index (κ2) is 7.31. The molecule has 1 unspecified atom stereocenters. The fourth-order valence-electron chi connectivity index (χ4n) is 4.31. The summed E-state index contributed by atoms with van der Waals surface area (Å²) in [7, 11) is 3.53. The van der Waals surface area contributed by atoms with Gasteiger partial charge in [0.15, 0.2) is 0 Å². The summed E-state index contributed by atoms with van der Waals surface area (Å²) >= 11 is 0. The molecule has 4 rings (SSSR count). The Morgan fingerprint density at radius 3 is 2.54 bits per heavy atom. The van der Waals surface area contributed by atoms with Gasteiger partial charge in [-0.2, -0.15) is 0 Å². The van der Waals surface area contributed by atoms with Crippen molar-refractivity contribution in [2.45, 2.75) is 25.4 Å². The number of nitrogens with zero attached hydrogens (tertiary/aromatic N) is 6. The topological polar surface area (TPSA) is 93.5 Å². The van der Waals surface area contributed by atoms with Gasteiger partial charge in [0.2, 0.25) is 5.91 Å². The smallest absolute Gasteiger partial charge is 0.253 e. The molecule has 9 heteroatoms. The molecule has 0 aliphatic carbocycles. The monoisotopic (exact) mass is 384 g/mol. The third kappa shape index (κ3) is 3.26. The maximum absolute atomic E-state index is 12.9. The highest BCUT2D eigenvalue weighted by Crippen LogP contribution is 2.41. The molecule has 0 bridgehead atoms. The number of likely N-dealkylation sites (tertiary alicyclic amines) is 2. The number of aromatic nitrogens is 4. The van der Waals surface area contributed by atoms with Crippen molar-refractivity contribution in [1.29, 1.82) is 0 Å². The number of benzene rings is 1. The van der Waals surface area contributed by atoms with Gasteiger partial charge in [-0.25, -0.2) is 4.68 Å². The summed E-state index contributed by atoms with van der Waals surface area (Å²) in [4.78, 5) is 29.3. The van der Waals surface area contributed by atoms with Crippen molar-refractivity contribution in [3.63, 3.8) is 0 Å². The number of likely N-dealkylation sites (N-methyl/N-ethyl adjacent to an activating group) is 1. The first-order valence-corrected chi connectivity index (χ1v) is 9.43. The highest BCUT2D eigenvalue weighted by Gasteiger charge is 2.48. The summed E-state index contributed by atoms with van der Waals surface area (Å²) in [5.41, 5.74) is 1.00. The van der Waals surface area contributed by atoms with E-state index < -0.39 is 5.41 Å². The van der Waals surface area contributed by atoms with Crippen LogP contribution in [0.3, 0.4) is 0 Å². The molecule has 1 atom stereocenters. The molecule has 1 spiro atoms. The standard InChI is InChI=1S/C19H24N6O3/c1-23-12-16(28-2)11-19(18(23)27)7-9-24(10-8-19)17(26)14-3-5-15(6-4-14)25-13-20-21-22-25/h3-6,13,16H,7-12H2,1-2H3. The maximum atomic E-state index is 12.9. The van der Waals surface area contributed by atoms with Crippen LogP contribution in [0, 0.1) is 5.41 Å². The quantitative estimate of drug-likeness (QED) is 0.776. The third-order valence-corrected chi connectivity index (χ3v) is 5.97. The summed E-state index contributed by atoms with van der Waals surface area (Å²) in [5, 5.41) is 11.1. The normalized spacial score (nSPS) is 21.9. The van der Waals surface area contributed by atoms with Gasteiger partial charge in [-0.05, 0) is 54.0 Å². The van der Waals surface area contributed by atoms with Gasteiger partial charge in [-0.3, -0.25) is 9.59 Å². The maximum Gasteiger partial charge on any atom is 0.253 e. The molecule has 9 nitrogen and oxygen atoms in total. The minimum absolute atomic E-state index is 0.0157. The molecule has 0 saturated carbocycles. The van der Waals surface area contributed by atoms with Gasteiger partial charge in [0.25, 0.3) is 5.91 Å². The highest BCUT2D eigenvalue weighted by molar-refractivity contribution is 5.94. The van der Waals surface area contributed by atoms with Gasteiger partial charge >= 0.3 is 0 Å². The minimum atomic E-state index is -0.408. The Labute approximate surface area is 163 Å². The molecule has 2 amide bonds. The van der Waals surface area contributed by atoms with Crippen LogP contribution in [0.25, 0.3) is 5.69 Å². The lowest BCUT2D eigenvalue weighted by atomic mass is 9.71. The number of carbonyl (C=O) groups excluding carboxylic acids is 2. The number of piperidine rings is 2. The molecule has 1 aromatic heterocycles. The SMILES string of the molecule is COC1CN(C)C(=O)C2(CCN(C(=O)c3ccc(-n4cnnn4)cc3)CC2)C1. The third-order valence-electron chi connectivity index (χ3n) is 5.97. The second-order valence-electron chi connectivity index (χ2n) is 7.62. The summed E-state index contributed by atoms with van der Waals surface area (Å²) in [6, 6.07) is 7.20. The van der Waals surface area contributed by atoms with E-state index in [1.807, 2.05) is 24.1 Å². The number of tetrazole rings is 1. The van der Waals surface area contributed by atoms with Crippen LogP contribution in [0.1, 0.15) is 29.6 Å². The Kier molecular flexibility index (Phi) is 4.84. The first-order chi connectivity index (χ1) is 13.5. The summed E-state index contributed by atoms with van der Waals surface area (Å²) in [6.07, 6.45) is 3.64. The summed E-state index contributed by atoms with van der Waals surface area (Å²) in [6.45, 7) is 1.78. The van der Waals surface area contributed by atoms with Crippen molar-refractivity contribution < 1.29 is 14.3 Å². The van der Waals surface area contributed by atoms with Crippen LogP contribution in [0.5, 0.6) is 0 Å². The number of hydrogen-bond donors (Lipinski definition) is 0. The van der Waals surface area contributed by atoms with E-state index in [0.29, 0.717) is 38.0 Å². The van der Waals surface area contributed by atoms with Crippen molar-refractivity contribution >= 4 is 11.8 Å². The molecule has 0 N–H and O–H groups in total. The van der Waals surface area contributed by atoms with Crippen LogP contribution in [0.15, 0.2) is 30.6 Å². The van der Waals surface area contributed by atoms with E-state index in [-0.39, 0.29) is 17.9 Å². The Bertz CT molecular complexity index is 843. The van der Waals surface area contributed by atoms with Crippen molar-refractivity contribution in [2.24, 2.45) is 5.41 Å². The number of rotatable bonds is 3. The van der Waals surface area contributed by atoms with E-state index in [9.17, 15) is 9.59 Å². The number of amides is 2. The predicted molar refractivity (Wildman–Crippen MR) is 99.8 cm³/mol. The van der Waals surface area contributed by atoms with Gasteiger partial charge in [0.05, 0.1) is 17.2 Å². The average molecular weight is 384 g/mol. The van der Waals surface area contributed by atoms with E-state index in [1.54, 1.807) is 24.1 Å². The van der Waals surface area contributed by atoms with Crippen molar-refractivity contribution in [3.05, 3.63) is 36.2 Å². The van der Waals surface area contributed by atoms with Gasteiger partial charge < -0.3 is 14.5 Å². The van der Waals surface area contributed by atoms with Crippen LogP contribution < -0.4 is 0 Å². The van der Waals surface area contributed by atoms with Gasteiger partial charge in [-0.15, -0.1) is 5.10 Å². The molecule has 2 aliphatic rings. The van der Waals surface area contributed by atoms with Gasteiger partial charge in [0.1, 0.15) is 6.33 Å². The molecule has 2 fully saturated rings. The number of methoxy groups -OCH3 is 1. The van der Waals surface area contributed by atoms with Crippen molar-refractivity contribution in [2.75, 3.05) is 33.8 Å². The minimum Gasteiger partial charge on any atom is -0.380 e. The largest absolute Gasteiger partial charge is 0.380 e. The van der Waals surface area contributed by atoms with Gasteiger partial charge in [-0.1, -0.05) is 0 Å². The number of ether oxygens (including phenoxy) is 1. The van der Waals surface area contributed by atoms with E-state index in [4.69, 9.17) is 4.74 Å². The molecule has 28 heavy (non-hydrogen) atoms. The second-order valence-corrected chi connectivity index (χ2v) is 7.62. The Balaban J connectivity index is 1.43. The molecule has 3 heterocycles. The van der Waals surface area contributed by atoms with Crippen molar-refractivity contribution in [3.8, 4) is 5.69 Å². The summed E-state index contributed by atoms with van der Waals surface area (Å²) < 4.78 is 7.07.